The fourth-order valence-electron chi connectivity index (χ4n) is 3.19. The van der Waals surface area contributed by atoms with Crippen LogP contribution >= 0.6 is 11.8 Å². The van der Waals surface area contributed by atoms with Gasteiger partial charge in [-0.1, -0.05) is 0 Å². The van der Waals surface area contributed by atoms with Gasteiger partial charge in [0, 0.05) is 56.2 Å². The Hall–Kier alpha value is -0.260. The van der Waals surface area contributed by atoms with E-state index >= 15 is 0 Å². The third-order valence-electron chi connectivity index (χ3n) is 4.60. The molecule has 2 saturated heterocycles. The number of hydrogen-bond donors (Lipinski definition) is 2. The van der Waals surface area contributed by atoms with Gasteiger partial charge in [-0.2, -0.15) is 11.8 Å². The summed E-state index contributed by atoms with van der Waals surface area (Å²) in [6.07, 6.45) is 5.78. The molecule has 3 fully saturated rings. The molecule has 0 aromatic rings. The Balaban J connectivity index is 1.32. The Labute approximate surface area is 126 Å². The van der Waals surface area contributed by atoms with E-state index in [0.717, 1.165) is 31.1 Å². The van der Waals surface area contributed by atoms with Gasteiger partial charge >= 0.3 is 0 Å². The molecule has 0 radical (unpaired) electrons. The molecular formula is C15H27N3OS. The largest absolute Gasteiger partial charge is 0.353 e. The van der Waals surface area contributed by atoms with E-state index in [-0.39, 0.29) is 5.91 Å². The van der Waals surface area contributed by atoms with Crippen LogP contribution in [0.1, 0.15) is 32.1 Å². The molecule has 20 heavy (non-hydrogen) atoms. The van der Waals surface area contributed by atoms with Crippen LogP contribution in [0.2, 0.25) is 0 Å². The van der Waals surface area contributed by atoms with Gasteiger partial charge in [0.05, 0.1) is 0 Å². The van der Waals surface area contributed by atoms with E-state index in [1.807, 2.05) is 11.8 Å². The minimum absolute atomic E-state index is 0.241. The highest BCUT2D eigenvalue weighted by Crippen LogP contribution is 2.30. The Kier molecular flexibility index (Phi) is 5.24. The minimum atomic E-state index is 0.241. The number of amides is 1. The summed E-state index contributed by atoms with van der Waals surface area (Å²) in [4.78, 5) is 14.7. The average Bonchev–Trinajstić information content (AvgIpc) is 3.26. The highest BCUT2D eigenvalue weighted by atomic mass is 32.2. The number of rotatable bonds is 5. The second kappa shape index (κ2) is 7.14. The fourth-order valence-corrected chi connectivity index (χ4v) is 4.14. The van der Waals surface area contributed by atoms with Crippen molar-refractivity contribution < 1.29 is 4.79 Å². The number of nitrogens with one attached hydrogen (secondary N) is 2. The summed E-state index contributed by atoms with van der Waals surface area (Å²) >= 11 is 1.95. The SMILES string of the molecule is O=C(CC1CSCCN1)NC1CCN(CC2CC2)CC1. The molecule has 1 saturated carbocycles. The second-order valence-corrected chi connectivity index (χ2v) is 7.67. The third kappa shape index (κ3) is 4.64. The minimum Gasteiger partial charge on any atom is -0.353 e. The second-order valence-electron chi connectivity index (χ2n) is 6.52. The zero-order chi connectivity index (χ0) is 13.8. The highest BCUT2D eigenvalue weighted by Gasteiger charge is 2.27. The maximum Gasteiger partial charge on any atom is 0.221 e. The van der Waals surface area contributed by atoms with Gasteiger partial charge in [-0.3, -0.25) is 4.79 Å². The summed E-state index contributed by atoms with van der Waals surface area (Å²) in [5.74, 6) is 3.48. The lowest BCUT2D eigenvalue weighted by atomic mass is 10.0. The topological polar surface area (TPSA) is 44.4 Å². The fraction of sp³-hybridized carbons (Fsp3) is 0.933. The van der Waals surface area contributed by atoms with Crippen molar-refractivity contribution in [3.05, 3.63) is 0 Å². The van der Waals surface area contributed by atoms with Crippen LogP contribution in [-0.2, 0) is 4.79 Å². The standard InChI is InChI=1S/C15H27N3OS/c19-15(9-14-11-20-8-5-16-14)17-13-3-6-18(7-4-13)10-12-1-2-12/h12-14,16H,1-11H2,(H,17,19). The molecule has 1 unspecified atom stereocenters. The lowest BCUT2D eigenvalue weighted by Crippen LogP contribution is -2.47. The van der Waals surface area contributed by atoms with E-state index in [9.17, 15) is 4.79 Å². The molecule has 114 valence electrons. The number of piperidine rings is 1. The smallest absolute Gasteiger partial charge is 0.221 e. The van der Waals surface area contributed by atoms with Crippen LogP contribution in [0.25, 0.3) is 0 Å². The van der Waals surface area contributed by atoms with Gasteiger partial charge in [0.15, 0.2) is 0 Å². The Bertz CT molecular complexity index is 321. The number of carbonyl (C=O) groups is 1. The van der Waals surface area contributed by atoms with Gasteiger partial charge < -0.3 is 15.5 Å². The van der Waals surface area contributed by atoms with E-state index in [1.165, 1.54) is 38.2 Å². The van der Waals surface area contributed by atoms with Crippen molar-refractivity contribution >= 4 is 17.7 Å². The van der Waals surface area contributed by atoms with Gasteiger partial charge in [-0.15, -0.1) is 0 Å². The summed E-state index contributed by atoms with van der Waals surface area (Å²) in [5, 5.41) is 6.67. The molecule has 4 nitrogen and oxygen atoms in total. The maximum absolute atomic E-state index is 12.1. The van der Waals surface area contributed by atoms with Crippen LogP contribution in [0.4, 0.5) is 0 Å². The summed E-state index contributed by atoms with van der Waals surface area (Å²) < 4.78 is 0. The van der Waals surface area contributed by atoms with Gasteiger partial charge in [-0.25, -0.2) is 0 Å². The van der Waals surface area contributed by atoms with Gasteiger partial charge in [0.25, 0.3) is 0 Å². The molecule has 1 aliphatic carbocycles. The van der Waals surface area contributed by atoms with Gasteiger partial charge in [0.1, 0.15) is 0 Å². The monoisotopic (exact) mass is 297 g/mol. The van der Waals surface area contributed by atoms with Gasteiger partial charge in [0.2, 0.25) is 5.91 Å². The lowest BCUT2D eigenvalue weighted by molar-refractivity contribution is -0.122. The quantitative estimate of drug-likeness (QED) is 0.797. The Morgan fingerprint density at radius 2 is 2.05 bits per heavy atom. The van der Waals surface area contributed by atoms with Crippen LogP contribution < -0.4 is 10.6 Å². The normalized spacial score (nSPS) is 29.3. The lowest BCUT2D eigenvalue weighted by Gasteiger charge is -2.32. The van der Waals surface area contributed by atoms with E-state index < -0.39 is 0 Å². The summed E-state index contributed by atoms with van der Waals surface area (Å²) in [6.45, 7) is 4.67. The van der Waals surface area contributed by atoms with Crippen LogP contribution in [0.3, 0.4) is 0 Å². The van der Waals surface area contributed by atoms with E-state index in [2.05, 4.69) is 15.5 Å². The van der Waals surface area contributed by atoms with Crippen molar-refractivity contribution in [2.24, 2.45) is 5.92 Å². The number of thioether (sulfide) groups is 1. The number of nitrogens with zero attached hydrogens (tertiary/aromatic N) is 1. The average molecular weight is 297 g/mol. The first-order valence-corrected chi connectivity index (χ1v) is 9.28. The molecule has 3 rings (SSSR count). The molecule has 2 heterocycles. The molecule has 5 heteroatoms. The van der Waals surface area contributed by atoms with Crippen LogP contribution in [-0.4, -0.2) is 60.6 Å². The van der Waals surface area contributed by atoms with Crippen LogP contribution in [0.5, 0.6) is 0 Å². The number of likely N-dealkylation sites (tertiary alicyclic amines) is 1. The first-order valence-electron chi connectivity index (χ1n) is 8.12. The first kappa shape index (κ1) is 14.7. The predicted octanol–water partition coefficient (Wildman–Crippen LogP) is 1.07. The zero-order valence-corrected chi connectivity index (χ0v) is 13.1. The number of hydrogen-bond acceptors (Lipinski definition) is 4. The van der Waals surface area contributed by atoms with Crippen molar-refractivity contribution in [2.75, 3.05) is 37.7 Å². The molecule has 2 N–H and O–H groups in total. The molecule has 0 spiro atoms. The summed E-state index contributed by atoms with van der Waals surface area (Å²) in [7, 11) is 0. The van der Waals surface area contributed by atoms with Crippen LogP contribution in [0, 0.1) is 5.92 Å². The maximum atomic E-state index is 12.1. The van der Waals surface area contributed by atoms with Crippen molar-refractivity contribution in [3.63, 3.8) is 0 Å². The molecule has 3 aliphatic rings. The van der Waals surface area contributed by atoms with Crippen molar-refractivity contribution in [2.45, 2.75) is 44.2 Å². The summed E-state index contributed by atoms with van der Waals surface area (Å²) in [5.41, 5.74) is 0. The molecule has 0 aromatic carbocycles. The van der Waals surface area contributed by atoms with Crippen molar-refractivity contribution in [1.82, 2.24) is 15.5 Å². The predicted molar refractivity (Wildman–Crippen MR) is 84.1 cm³/mol. The molecular weight excluding hydrogens is 270 g/mol. The van der Waals surface area contributed by atoms with Crippen molar-refractivity contribution in [1.29, 1.82) is 0 Å². The van der Waals surface area contributed by atoms with E-state index in [1.54, 1.807) is 0 Å². The first-order chi connectivity index (χ1) is 9.79. The highest BCUT2D eigenvalue weighted by molar-refractivity contribution is 7.99. The van der Waals surface area contributed by atoms with Crippen LogP contribution in [0.15, 0.2) is 0 Å². The molecule has 1 atom stereocenters. The third-order valence-corrected chi connectivity index (χ3v) is 5.73. The van der Waals surface area contributed by atoms with Gasteiger partial charge in [-0.05, 0) is 31.6 Å². The van der Waals surface area contributed by atoms with Crippen molar-refractivity contribution in [3.8, 4) is 0 Å². The zero-order valence-electron chi connectivity index (χ0n) is 12.3. The van der Waals surface area contributed by atoms with E-state index in [0.29, 0.717) is 18.5 Å². The summed E-state index contributed by atoms with van der Waals surface area (Å²) in [6, 6.07) is 0.790. The Morgan fingerprint density at radius 1 is 1.25 bits per heavy atom. The van der Waals surface area contributed by atoms with E-state index in [4.69, 9.17) is 0 Å². The number of carbonyl (C=O) groups excluding carboxylic acids is 1. The Morgan fingerprint density at radius 3 is 2.70 bits per heavy atom. The molecule has 1 amide bonds. The molecule has 2 aliphatic heterocycles. The molecule has 0 aromatic heterocycles. The molecule has 0 bridgehead atoms.